The Bertz CT molecular complexity index is 563. The first-order valence-corrected chi connectivity index (χ1v) is 8.60. The van der Waals surface area contributed by atoms with E-state index in [0.717, 1.165) is 12.5 Å². The molecule has 1 saturated carbocycles. The molecule has 0 bridgehead atoms. The summed E-state index contributed by atoms with van der Waals surface area (Å²) in [5, 5.41) is 0. The standard InChI is InChI=1S/C21H27N/c1-17-10-9-15-21(17)22(16-19-11-5-3-6-12-19)18(2)20-13-7-4-8-14-20/h3-8,11-14,17-18,21H,9-10,15-16H2,1-2H3/t17-,18+,21+/m0/s1. The van der Waals surface area contributed by atoms with Gasteiger partial charge in [-0.3, -0.25) is 4.90 Å². The summed E-state index contributed by atoms with van der Waals surface area (Å²) in [6.45, 7) is 5.84. The Hall–Kier alpha value is -1.60. The first-order valence-electron chi connectivity index (χ1n) is 8.60. The van der Waals surface area contributed by atoms with E-state index in [-0.39, 0.29) is 0 Å². The summed E-state index contributed by atoms with van der Waals surface area (Å²) in [5.41, 5.74) is 2.85. The van der Waals surface area contributed by atoms with E-state index in [2.05, 4.69) is 79.4 Å². The molecule has 0 amide bonds. The summed E-state index contributed by atoms with van der Waals surface area (Å²) in [6, 6.07) is 23.0. The first-order chi connectivity index (χ1) is 10.8. The Balaban J connectivity index is 1.85. The van der Waals surface area contributed by atoms with Gasteiger partial charge in [0.05, 0.1) is 0 Å². The second-order valence-corrected chi connectivity index (χ2v) is 6.72. The van der Waals surface area contributed by atoms with Crippen LogP contribution in [0.1, 0.15) is 50.3 Å². The van der Waals surface area contributed by atoms with Gasteiger partial charge in [-0.15, -0.1) is 0 Å². The third kappa shape index (κ3) is 3.41. The van der Waals surface area contributed by atoms with Gasteiger partial charge in [-0.25, -0.2) is 0 Å². The Morgan fingerprint density at radius 3 is 2.18 bits per heavy atom. The highest BCUT2D eigenvalue weighted by Crippen LogP contribution is 2.35. The quantitative estimate of drug-likeness (QED) is 0.709. The van der Waals surface area contributed by atoms with Gasteiger partial charge < -0.3 is 0 Å². The topological polar surface area (TPSA) is 3.24 Å². The molecular formula is C21H27N. The third-order valence-electron chi connectivity index (χ3n) is 5.23. The highest BCUT2D eigenvalue weighted by Gasteiger charge is 2.32. The van der Waals surface area contributed by atoms with E-state index in [1.54, 1.807) is 0 Å². The summed E-state index contributed by atoms with van der Waals surface area (Å²) < 4.78 is 0. The fourth-order valence-electron chi connectivity index (χ4n) is 3.88. The van der Waals surface area contributed by atoms with E-state index >= 15 is 0 Å². The molecule has 1 aliphatic rings. The summed E-state index contributed by atoms with van der Waals surface area (Å²) in [5.74, 6) is 0.801. The molecule has 0 heterocycles. The van der Waals surface area contributed by atoms with Gasteiger partial charge in [-0.05, 0) is 36.8 Å². The van der Waals surface area contributed by atoms with E-state index in [1.807, 2.05) is 0 Å². The molecule has 1 fully saturated rings. The molecule has 1 heteroatoms. The van der Waals surface area contributed by atoms with Crippen LogP contribution in [0, 0.1) is 5.92 Å². The predicted octanol–water partition coefficient (Wildman–Crippen LogP) is 5.44. The van der Waals surface area contributed by atoms with Gasteiger partial charge in [0.25, 0.3) is 0 Å². The van der Waals surface area contributed by atoms with Crippen molar-refractivity contribution in [2.45, 2.75) is 51.7 Å². The van der Waals surface area contributed by atoms with Crippen molar-refractivity contribution in [3.05, 3.63) is 71.8 Å². The van der Waals surface area contributed by atoms with E-state index < -0.39 is 0 Å². The molecule has 0 aromatic heterocycles. The third-order valence-corrected chi connectivity index (χ3v) is 5.23. The van der Waals surface area contributed by atoms with Gasteiger partial charge in [0.2, 0.25) is 0 Å². The second-order valence-electron chi connectivity index (χ2n) is 6.72. The van der Waals surface area contributed by atoms with Crippen LogP contribution < -0.4 is 0 Å². The van der Waals surface area contributed by atoms with E-state index in [4.69, 9.17) is 0 Å². The van der Waals surface area contributed by atoms with Crippen LogP contribution in [-0.2, 0) is 6.54 Å². The highest BCUT2D eigenvalue weighted by atomic mass is 15.2. The van der Waals surface area contributed by atoms with E-state index in [1.165, 1.54) is 30.4 Å². The minimum atomic E-state index is 0.465. The molecule has 2 aromatic carbocycles. The first kappa shape index (κ1) is 15.3. The predicted molar refractivity (Wildman–Crippen MR) is 93.6 cm³/mol. The molecule has 0 unspecified atom stereocenters. The van der Waals surface area contributed by atoms with Gasteiger partial charge in [0.1, 0.15) is 0 Å². The molecule has 22 heavy (non-hydrogen) atoms. The monoisotopic (exact) mass is 293 g/mol. The summed E-state index contributed by atoms with van der Waals surface area (Å²) in [4.78, 5) is 2.72. The normalized spacial score (nSPS) is 22.9. The molecule has 0 radical (unpaired) electrons. The van der Waals surface area contributed by atoms with Crippen LogP contribution in [0.2, 0.25) is 0 Å². The van der Waals surface area contributed by atoms with Crippen LogP contribution >= 0.6 is 0 Å². The fraction of sp³-hybridized carbons (Fsp3) is 0.429. The molecular weight excluding hydrogens is 266 g/mol. The van der Waals surface area contributed by atoms with Crippen molar-refractivity contribution in [2.24, 2.45) is 5.92 Å². The Morgan fingerprint density at radius 1 is 0.955 bits per heavy atom. The molecule has 1 aliphatic carbocycles. The van der Waals surface area contributed by atoms with Crippen LogP contribution in [0.15, 0.2) is 60.7 Å². The Kier molecular flexibility index (Phi) is 4.94. The number of hydrogen-bond acceptors (Lipinski definition) is 1. The maximum atomic E-state index is 2.72. The summed E-state index contributed by atoms with van der Waals surface area (Å²) in [6.07, 6.45) is 4.08. The SMILES string of the molecule is C[C@H](c1ccccc1)N(Cc1ccccc1)[C@@H]1CCC[C@@H]1C. The van der Waals surface area contributed by atoms with Crippen LogP contribution in [0.4, 0.5) is 0 Å². The lowest BCUT2D eigenvalue weighted by Gasteiger charge is -2.37. The number of nitrogens with zero attached hydrogens (tertiary/aromatic N) is 1. The zero-order chi connectivity index (χ0) is 15.4. The molecule has 0 saturated heterocycles. The van der Waals surface area contributed by atoms with Crippen molar-refractivity contribution in [2.75, 3.05) is 0 Å². The largest absolute Gasteiger partial charge is 0.289 e. The molecule has 1 nitrogen and oxygen atoms in total. The zero-order valence-corrected chi connectivity index (χ0v) is 13.8. The van der Waals surface area contributed by atoms with Gasteiger partial charge in [-0.2, -0.15) is 0 Å². The van der Waals surface area contributed by atoms with Gasteiger partial charge in [-0.1, -0.05) is 74.0 Å². The van der Waals surface area contributed by atoms with Crippen LogP contribution in [0.25, 0.3) is 0 Å². The van der Waals surface area contributed by atoms with Gasteiger partial charge in [0.15, 0.2) is 0 Å². The Morgan fingerprint density at radius 2 is 1.59 bits per heavy atom. The highest BCUT2D eigenvalue weighted by molar-refractivity contribution is 5.20. The molecule has 3 rings (SSSR count). The van der Waals surface area contributed by atoms with Crippen LogP contribution in [-0.4, -0.2) is 10.9 Å². The number of hydrogen-bond donors (Lipinski definition) is 0. The van der Waals surface area contributed by atoms with Gasteiger partial charge in [0, 0.05) is 18.6 Å². The minimum absolute atomic E-state index is 0.465. The minimum Gasteiger partial charge on any atom is -0.289 e. The number of rotatable bonds is 5. The summed E-state index contributed by atoms with van der Waals surface area (Å²) in [7, 11) is 0. The smallest absolute Gasteiger partial charge is 0.0326 e. The molecule has 116 valence electrons. The lowest BCUT2D eigenvalue weighted by atomic mass is 9.98. The molecule has 0 N–H and O–H groups in total. The molecule has 3 atom stereocenters. The van der Waals surface area contributed by atoms with E-state index in [0.29, 0.717) is 12.1 Å². The lowest BCUT2D eigenvalue weighted by molar-refractivity contribution is 0.110. The number of benzene rings is 2. The lowest BCUT2D eigenvalue weighted by Crippen LogP contribution is -2.38. The van der Waals surface area contributed by atoms with Crippen LogP contribution in [0.5, 0.6) is 0 Å². The van der Waals surface area contributed by atoms with Crippen molar-refractivity contribution in [1.82, 2.24) is 4.90 Å². The average molecular weight is 293 g/mol. The molecule has 0 spiro atoms. The molecule has 0 aliphatic heterocycles. The van der Waals surface area contributed by atoms with Crippen molar-refractivity contribution in [3.8, 4) is 0 Å². The van der Waals surface area contributed by atoms with Crippen molar-refractivity contribution in [3.63, 3.8) is 0 Å². The zero-order valence-electron chi connectivity index (χ0n) is 13.8. The summed E-state index contributed by atoms with van der Waals surface area (Å²) >= 11 is 0. The van der Waals surface area contributed by atoms with Crippen molar-refractivity contribution in [1.29, 1.82) is 0 Å². The van der Waals surface area contributed by atoms with Crippen molar-refractivity contribution >= 4 is 0 Å². The average Bonchev–Trinajstić information content (AvgIpc) is 3.00. The maximum absolute atomic E-state index is 2.72. The van der Waals surface area contributed by atoms with Gasteiger partial charge >= 0.3 is 0 Å². The maximum Gasteiger partial charge on any atom is 0.0326 e. The fourth-order valence-corrected chi connectivity index (χ4v) is 3.88. The molecule has 2 aromatic rings. The Labute approximate surface area is 135 Å². The second kappa shape index (κ2) is 7.11. The van der Waals surface area contributed by atoms with E-state index in [9.17, 15) is 0 Å². The van der Waals surface area contributed by atoms with Crippen LogP contribution in [0.3, 0.4) is 0 Å². The van der Waals surface area contributed by atoms with Crippen molar-refractivity contribution < 1.29 is 0 Å².